The lowest BCUT2D eigenvalue weighted by atomic mass is 10.1. The molecule has 0 saturated heterocycles. The van der Waals surface area contributed by atoms with Gasteiger partial charge in [0.25, 0.3) is 5.91 Å². The number of hydrogen-bond acceptors (Lipinski definition) is 4. The van der Waals surface area contributed by atoms with Gasteiger partial charge in [0.15, 0.2) is 6.61 Å². The Morgan fingerprint density at radius 3 is 2.35 bits per heavy atom. The molecule has 1 rings (SSSR count). The van der Waals surface area contributed by atoms with Gasteiger partial charge in [-0.25, -0.2) is 5.43 Å². The molecular weight excluding hydrogens is 362 g/mol. The van der Waals surface area contributed by atoms with Crippen LogP contribution in [-0.4, -0.2) is 29.7 Å². The minimum Gasteiger partial charge on any atom is -0.484 e. The van der Waals surface area contributed by atoms with Crippen molar-refractivity contribution in [2.45, 2.75) is 39.7 Å². The molecule has 0 aliphatic rings. The van der Waals surface area contributed by atoms with Crippen molar-refractivity contribution in [1.29, 1.82) is 0 Å². The molecule has 2 amide bonds. The van der Waals surface area contributed by atoms with Crippen LogP contribution >= 0.6 is 15.9 Å². The van der Waals surface area contributed by atoms with Gasteiger partial charge in [0.2, 0.25) is 5.91 Å². The van der Waals surface area contributed by atoms with Crippen LogP contribution in [0.5, 0.6) is 5.75 Å². The van der Waals surface area contributed by atoms with Gasteiger partial charge in [0, 0.05) is 15.7 Å². The molecule has 0 aliphatic heterocycles. The maximum absolute atomic E-state index is 11.7. The van der Waals surface area contributed by atoms with Crippen molar-refractivity contribution in [3.63, 3.8) is 0 Å². The summed E-state index contributed by atoms with van der Waals surface area (Å²) in [5, 5.41) is 6.72. The van der Waals surface area contributed by atoms with E-state index in [1.54, 1.807) is 19.1 Å². The van der Waals surface area contributed by atoms with Crippen LogP contribution in [0.1, 0.15) is 34.1 Å². The highest BCUT2D eigenvalue weighted by atomic mass is 79.9. The predicted molar refractivity (Wildman–Crippen MR) is 93.4 cm³/mol. The lowest BCUT2D eigenvalue weighted by Gasteiger charge is -2.20. The number of hydrogen-bond donors (Lipinski definition) is 2. The monoisotopic (exact) mass is 383 g/mol. The Labute approximate surface area is 144 Å². The number of nitrogens with zero attached hydrogens (tertiary/aromatic N) is 1. The first-order chi connectivity index (χ1) is 10.7. The van der Waals surface area contributed by atoms with E-state index in [-0.39, 0.29) is 30.4 Å². The van der Waals surface area contributed by atoms with Crippen molar-refractivity contribution in [3.05, 3.63) is 28.7 Å². The summed E-state index contributed by atoms with van der Waals surface area (Å²) in [6.07, 6.45) is 0.130. The Morgan fingerprint density at radius 2 is 1.78 bits per heavy atom. The van der Waals surface area contributed by atoms with E-state index < -0.39 is 0 Å². The molecule has 0 spiro atoms. The zero-order valence-electron chi connectivity index (χ0n) is 13.8. The van der Waals surface area contributed by atoms with Crippen LogP contribution in [0, 0.1) is 0 Å². The average Bonchev–Trinajstić information content (AvgIpc) is 2.42. The van der Waals surface area contributed by atoms with Gasteiger partial charge >= 0.3 is 0 Å². The van der Waals surface area contributed by atoms with Crippen molar-refractivity contribution in [2.24, 2.45) is 5.10 Å². The third-order valence-electron chi connectivity index (χ3n) is 2.49. The van der Waals surface area contributed by atoms with Gasteiger partial charge in [-0.05, 0) is 52.0 Å². The van der Waals surface area contributed by atoms with Gasteiger partial charge in [-0.2, -0.15) is 5.10 Å². The van der Waals surface area contributed by atoms with E-state index in [0.717, 1.165) is 4.47 Å². The number of ether oxygens (including phenoxy) is 1. The van der Waals surface area contributed by atoms with Crippen LogP contribution in [0.3, 0.4) is 0 Å². The first-order valence-corrected chi connectivity index (χ1v) is 7.96. The van der Waals surface area contributed by atoms with Gasteiger partial charge in [0.1, 0.15) is 5.75 Å². The lowest BCUT2D eigenvalue weighted by Crippen LogP contribution is -2.41. The van der Waals surface area contributed by atoms with Gasteiger partial charge in [-0.15, -0.1) is 0 Å². The molecule has 1 aromatic rings. The maximum atomic E-state index is 11.7. The van der Waals surface area contributed by atoms with Gasteiger partial charge < -0.3 is 10.1 Å². The number of carbonyl (C=O) groups excluding carboxylic acids is 2. The van der Waals surface area contributed by atoms with Gasteiger partial charge in [-0.1, -0.05) is 15.9 Å². The number of amides is 2. The topological polar surface area (TPSA) is 79.8 Å². The Morgan fingerprint density at radius 1 is 1.17 bits per heavy atom. The standard InChI is InChI=1S/C16H22BrN3O3/c1-11(9-14(21)18-16(2,3)4)19-20-15(22)10-23-13-7-5-12(17)6-8-13/h5-8H,9-10H2,1-4H3,(H,18,21)(H,20,22)/b19-11-. The number of rotatable bonds is 6. The molecule has 1 aromatic carbocycles. The van der Waals surface area contributed by atoms with Crippen molar-refractivity contribution >= 4 is 33.5 Å². The first-order valence-electron chi connectivity index (χ1n) is 7.17. The van der Waals surface area contributed by atoms with Gasteiger partial charge in [0.05, 0.1) is 6.42 Å². The Bertz CT molecular complexity index is 577. The average molecular weight is 384 g/mol. The van der Waals surface area contributed by atoms with Crippen LogP contribution in [0.25, 0.3) is 0 Å². The zero-order valence-corrected chi connectivity index (χ0v) is 15.4. The van der Waals surface area contributed by atoms with Crippen molar-refractivity contribution in [3.8, 4) is 5.75 Å². The maximum Gasteiger partial charge on any atom is 0.277 e. The van der Waals surface area contributed by atoms with E-state index in [1.165, 1.54) is 0 Å². The largest absolute Gasteiger partial charge is 0.484 e. The van der Waals surface area contributed by atoms with Crippen molar-refractivity contribution in [2.75, 3.05) is 6.61 Å². The number of carbonyl (C=O) groups is 2. The summed E-state index contributed by atoms with van der Waals surface area (Å²) >= 11 is 3.32. The molecule has 0 aromatic heterocycles. The molecule has 7 heteroatoms. The minimum absolute atomic E-state index is 0.130. The summed E-state index contributed by atoms with van der Waals surface area (Å²) in [5.74, 6) is 0.0659. The van der Waals surface area contributed by atoms with Crippen LogP contribution in [0.15, 0.2) is 33.8 Å². The summed E-state index contributed by atoms with van der Waals surface area (Å²) in [6, 6.07) is 7.15. The number of halogens is 1. The second-order valence-corrected chi connectivity index (χ2v) is 7.02. The van der Waals surface area contributed by atoms with Crippen LogP contribution in [0.4, 0.5) is 0 Å². The number of hydrazone groups is 1. The second-order valence-electron chi connectivity index (χ2n) is 6.10. The molecule has 126 valence electrons. The Kier molecular flexibility index (Phi) is 7.22. The number of nitrogens with one attached hydrogen (secondary N) is 2. The molecule has 0 saturated carbocycles. The molecular formula is C16H22BrN3O3. The molecule has 2 N–H and O–H groups in total. The van der Waals surface area contributed by atoms with Gasteiger partial charge in [-0.3, -0.25) is 9.59 Å². The smallest absolute Gasteiger partial charge is 0.277 e. The summed E-state index contributed by atoms with van der Waals surface area (Å²) < 4.78 is 6.25. The third kappa shape index (κ3) is 8.97. The molecule has 0 radical (unpaired) electrons. The lowest BCUT2D eigenvalue weighted by molar-refractivity contribution is -0.123. The SMILES string of the molecule is C/C(CC(=O)NC(C)(C)C)=N/NC(=O)COc1ccc(Br)cc1. The first kappa shape index (κ1) is 19.2. The van der Waals surface area contributed by atoms with E-state index in [0.29, 0.717) is 11.5 Å². The highest BCUT2D eigenvalue weighted by Crippen LogP contribution is 2.15. The normalized spacial score (nSPS) is 11.8. The highest BCUT2D eigenvalue weighted by Gasteiger charge is 2.14. The fourth-order valence-electron chi connectivity index (χ4n) is 1.60. The van der Waals surface area contributed by atoms with Crippen molar-refractivity contribution < 1.29 is 14.3 Å². The minimum atomic E-state index is -0.386. The molecule has 6 nitrogen and oxygen atoms in total. The fourth-order valence-corrected chi connectivity index (χ4v) is 1.87. The molecule has 23 heavy (non-hydrogen) atoms. The molecule has 0 aliphatic carbocycles. The zero-order chi connectivity index (χ0) is 17.5. The van der Waals surface area contributed by atoms with E-state index in [1.807, 2.05) is 32.9 Å². The predicted octanol–water partition coefficient (Wildman–Crippen LogP) is 2.62. The van der Waals surface area contributed by atoms with E-state index in [4.69, 9.17) is 4.74 Å². The third-order valence-corrected chi connectivity index (χ3v) is 3.01. The van der Waals surface area contributed by atoms with E-state index in [2.05, 4.69) is 31.8 Å². The fraction of sp³-hybridized carbons (Fsp3) is 0.438. The van der Waals surface area contributed by atoms with Crippen LogP contribution in [0.2, 0.25) is 0 Å². The van der Waals surface area contributed by atoms with Crippen LogP contribution in [-0.2, 0) is 9.59 Å². The molecule has 0 heterocycles. The second kappa shape index (κ2) is 8.67. The summed E-state index contributed by atoms with van der Waals surface area (Å²) in [7, 11) is 0. The number of benzene rings is 1. The van der Waals surface area contributed by atoms with Crippen LogP contribution < -0.4 is 15.5 Å². The van der Waals surface area contributed by atoms with Crippen molar-refractivity contribution in [1.82, 2.24) is 10.7 Å². The Balaban J connectivity index is 2.36. The molecule has 0 atom stereocenters. The Hall–Kier alpha value is -1.89. The summed E-state index contributed by atoms with van der Waals surface area (Å²) in [6.45, 7) is 7.24. The molecule has 0 fully saturated rings. The van der Waals surface area contributed by atoms with E-state index >= 15 is 0 Å². The van der Waals surface area contributed by atoms with E-state index in [9.17, 15) is 9.59 Å². The summed E-state index contributed by atoms with van der Waals surface area (Å²) in [4.78, 5) is 23.4. The quantitative estimate of drug-likeness (QED) is 0.585. The molecule has 0 bridgehead atoms. The molecule has 0 unspecified atom stereocenters. The summed E-state index contributed by atoms with van der Waals surface area (Å²) in [5.41, 5.74) is 2.59. The highest BCUT2D eigenvalue weighted by molar-refractivity contribution is 9.10.